The van der Waals surface area contributed by atoms with Crippen molar-refractivity contribution in [3.05, 3.63) is 70.0 Å². The highest BCUT2D eigenvalue weighted by atomic mass is 79.9. The van der Waals surface area contributed by atoms with E-state index in [1.54, 1.807) is 12.1 Å². The molecule has 0 atom stereocenters. The van der Waals surface area contributed by atoms with Gasteiger partial charge in [0.15, 0.2) is 6.61 Å². The molecule has 0 amide bonds. The number of hydrogen-bond acceptors (Lipinski definition) is 5. The monoisotopic (exact) mass is 440 g/mol. The molecule has 0 aliphatic rings. The molecule has 1 heterocycles. The molecule has 3 aromatic rings. The lowest BCUT2D eigenvalue weighted by atomic mass is 10.1. The summed E-state index contributed by atoms with van der Waals surface area (Å²) in [6.45, 7) is -0.265. The number of benzene rings is 2. The van der Waals surface area contributed by atoms with Gasteiger partial charge in [-0.25, -0.2) is 0 Å². The third-order valence-corrected chi connectivity index (χ3v) is 4.00. The van der Waals surface area contributed by atoms with Crippen LogP contribution in [-0.2, 0) is 28.7 Å². The van der Waals surface area contributed by atoms with E-state index in [2.05, 4.69) is 26.1 Å². The number of aromatic nitrogens is 2. The van der Waals surface area contributed by atoms with Gasteiger partial charge < -0.3 is 9.26 Å². The highest BCUT2D eigenvalue weighted by Gasteiger charge is 2.30. The summed E-state index contributed by atoms with van der Waals surface area (Å²) in [7, 11) is 0. The molecular weight excluding hydrogens is 429 g/mol. The fourth-order valence-electron chi connectivity index (χ4n) is 2.28. The number of carbonyl (C=O) groups excluding carboxylic acids is 1. The lowest BCUT2D eigenvalue weighted by Crippen LogP contribution is -2.10. The van der Waals surface area contributed by atoms with Crippen LogP contribution in [-0.4, -0.2) is 16.1 Å². The zero-order valence-electron chi connectivity index (χ0n) is 13.7. The molecule has 0 spiro atoms. The van der Waals surface area contributed by atoms with Crippen LogP contribution in [0.4, 0.5) is 13.2 Å². The average Bonchev–Trinajstić information content (AvgIpc) is 3.09. The standard InChI is InChI=1S/C18H12BrF3N2O3/c19-14-6-2-4-12(9-14)17-23-15(27-24-17)10-26-16(25)8-11-3-1-5-13(7-11)18(20,21)22/h1-7,9H,8,10H2. The molecule has 1 aromatic heterocycles. The van der Waals surface area contributed by atoms with Crippen molar-refractivity contribution in [2.75, 3.05) is 0 Å². The summed E-state index contributed by atoms with van der Waals surface area (Å²) >= 11 is 3.34. The zero-order chi connectivity index (χ0) is 19.4. The lowest BCUT2D eigenvalue weighted by Gasteiger charge is -2.08. The van der Waals surface area contributed by atoms with Gasteiger partial charge in [-0.15, -0.1) is 0 Å². The Hall–Kier alpha value is -2.68. The third-order valence-electron chi connectivity index (χ3n) is 3.51. The summed E-state index contributed by atoms with van der Waals surface area (Å²) < 4.78 is 49.0. The minimum absolute atomic E-state index is 0.0855. The molecule has 2 aromatic carbocycles. The zero-order valence-corrected chi connectivity index (χ0v) is 15.3. The molecule has 0 fully saturated rings. The largest absolute Gasteiger partial charge is 0.455 e. The predicted octanol–water partition coefficient (Wildman–Crippen LogP) is 4.80. The molecular formula is C18H12BrF3N2O3. The van der Waals surface area contributed by atoms with Crippen molar-refractivity contribution >= 4 is 21.9 Å². The van der Waals surface area contributed by atoms with Crippen LogP contribution in [0.2, 0.25) is 0 Å². The van der Waals surface area contributed by atoms with E-state index in [9.17, 15) is 18.0 Å². The van der Waals surface area contributed by atoms with Crippen LogP contribution in [0, 0.1) is 0 Å². The topological polar surface area (TPSA) is 65.2 Å². The molecule has 0 bridgehead atoms. The van der Waals surface area contributed by atoms with E-state index in [0.29, 0.717) is 5.82 Å². The van der Waals surface area contributed by atoms with E-state index >= 15 is 0 Å². The maximum atomic E-state index is 12.7. The van der Waals surface area contributed by atoms with Gasteiger partial charge in [-0.1, -0.05) is 51.4 Å². The number of rotatable bonds is 5. The van der Waals surface area contributed by atoms with E-state index in [1.165, 1.54) is 12.1 Å². The molecule has 0 unspecified atom stereocenters. The number of carbonyl (C=O) groups is 1. The van der Waals surface area contributed by atoms with E-state index in [4.69, 9.17) is 9.26 Å². The lowest BCUT2D eigenvalue weighted by molar-refractivity contribution is -0.145. The Kier molecular flexibility index (Phi) is 5.59. The van der Waals surface area contributed by atoms with E-state index < -0.39 is 17.7 Å². The SMILES string of the molecule is O=C(Cc1cccc(C(F)(F)F)c1)OCc1nc(-c2cccc(Br)c2)no1. The van der Waals surface area contributed by atoms with Crippen LogP contribution in [0.25, 0.3) is 11.4 Å². The van der Waals surface area contributed by atoms with E-state index in [1.807, 2.05) is 12.1 Å². The number of alkyl halides is 3. The quantitative estimate of drug-likeness (QED) is 0.533. The molecule has 0 saturated carbocycles. The minimum Gasteiger partial charge on any atom is -0.455 e. The van der Waals surface area contributed by atoms with Crippen molar-refractivity contribution in [2.24, 2.45) is 0 Å². The van der Waals surface area contributed by atoms with Crippen LogP contribution in [0.1, 0.15) is 17.0 Å². The second-order valence-electron chi connectivity index (χ2n) is 5.56. The molecule has 0 saturated heterocycles. The third kappa shape index (κ3) is 5.16. The first-order chi connectivity index (χ1) is 12.8. The van der Waals surface area contributed by atoms with Gasteiger partial charge in [0.1, 0.15) is 0 Å². The number of hydrogen-bond donors (Lipinski definition) is 0. The van der Waals surface area contributed by atoms with Crippen molar-refractivity contribution in [2.45, 2.75) is 19.2 Å². The molecule has 27 heavy (non-hydrogen) atoms. The highest BCUT2D eigenvalue weighted by Crippen LogP contribution is 2.29. The number of ether oxygens (including phenoxy) is 1. The van der Waals surface area contributed by atoms with Gasteiger partial charge in [-0.2, -0.15) is 18.2 Å². The van der Waals surface area contributed by atoms with Gasteiger partial charge in [-0.3, -0.25) is 4.79 Å². The van der Waals surface area contributed by atoms with Crippen LogP contribution in [0.3, 0.4) is 0 Å². The second-order valence-corrected chi connectivity index (χ2v) is 6.47. The molecule has 3 rings (SSSR count). The molecule has 5 nitrogen and oxygen atoms in total. The average molecular weight is 441 g/mol. The Balaban J connectivity index is 1.59. The number of halogens is 4. The Labute approximate surface area is 160 Å². The van der Waals surface area contributed by atoms with Gasteiger partial charge in [0.25, 0.3) is 5.89 Å². The molecule has 0 aliphatic carbocycles. The number of nitrogens with zero attached hydrogens (tertiary/aromatic N) is 2. The van der Waals surface area contributed by atoms with Crippen molar-refractivity contribution in [3.63, 3.8) is 0 Å². The Morgan fingerprint density at radius 2 is 1.93 bits per heavy atom. The molecule has 0 radical (unpaired) electrons. The van der Waals surface area contributed by atoms with Crippen LogP contribution >= 0.6 is 15.9 Å². The maximum absolute atomic E-state index is 12.7. The molecule has 0 aliphatic heterocycles. The Morgan fingerprint density at radius 3 is 2.67 bits per heavy atom. The summed E-state index contributed by atoms with van der Waals surface area (Å²) in [5.41, 5.74) is 0.105. The summed E-state index contributed by atoms with van der Waals surface area (Å²) in [6.07, 6.45) is -4.76. The Bertz CT molecular complexity index is 957. The molecule has 9 heteroatoms. The highest BCUT2D eigenvalue weighted by molar-refractivity contribution is 9.10. The van der Waals surface area contributed by atoms with Crippen molar-refractivity contribution in [3.8, 4) is 11.4 Å². The fraction of sp³-hybridized carbons (Fsp3) is 0.167. The van der Waals surface area contributed by atoms with Gasteiger partial charge in [-0.05, 0) is 23.8 Å². The first-order valence-electron chi connectivity index (χ1n) is 7.71. The molecule has 0 N–H and O–H groups in total. The van der Waals surface area contributed by atoms with Gasteiger partial charge in [0.05, 0.1) is 12.0 Å². The van der Waals surface area contributed by atoms with Crippen molar-refractivity contribution < 1.29 is 27.2 Å². The number of esters is 1. The summed E-state index contributed by atoms with van der Waals surface area (Å²) in [4.78, 5) is 16.0. The summed E-state index contributed by atoms with van der Waals surface area (Å²) in [5.74, 6) is -0.279. The van der Waals surface area contributed by atoms with Crippen LogP contribution in [0.15, 0.2) is 57.5 Å². The van der Waals surface area contributed by atoms with Crippen LogP contribution < -0.4 is 0 Å². The van der Waals surface area contributed by atoms with E-state index in [0.717, 1.165) is 22.2 Å². The first-order valence-corrected chi connectivity index (χ1v) is 8.51. The minimum atomic E-state index is -4.47. The predicted molar refractivity (Wildman–Crippen MR) is 92.4 cm³/mol. The Morgan fingerprint density at radius 1 is 1.15 bits per heavy atom. The van der Waals surface area contributed by atoms with Gasteiger partial charge >= 0.3 is 12.1 Å². The van der Waals surface area contributed by atoms with Gasteiger partial charge in [0.2, 0.25) is 5.82 Å². The maximum Gasteiger partial charge on any atom is 0.416 e. The second kappa shape index (κ2) is 7.91. The normalized spacial score (nSPS) is 11.4. The summed E-state index contributed by atoms with van der Waals surface area (Å²) in [6, 6.07) is 11.8. The van der Waals surface area contributed by atoms with Crippen molar-refractivity contribution in [1.82, 2.24) is 10.1 Å². The smallest absolute Gasteiger partial charge is 0.416 e. The fourth-order valence-corrected chi connectivity index (χ4v) is 2.68. The van der Waals surface area contributed by atoms with Gasteiger partial charge in [0, 0.05) is 10.0 Å². The first kappa shape index (κ1) is 19.1. The van der Waals surface area contributed by atoms with E-state index in [-0.39, 0.29) is 24.5 Å². The van der Waals surface area contributed by atoms with Crippen molar-refractivity contribution in [1.29, 1.82) is 0 Å². The molecule has 140 valence electrons. The van der Waals surface area contributed by atoms with Crippen LogP contribution in [0.5, 0.6) is 0 Å². The summed E-state index contributed by atoms with van der Waals surface area (Å²) in [5, 5.41) is 3.80.